The second kappa shape index (κ2) is 6.37. The number of rotatable bonds is 4. The summed E-state index contributed by atoms with van der Waals surface area (Å²) in [6.45, 7) is 8.88. The predicted octanol–water partition coefficient (Wildman–Crippen LogP) is 4.37. The van der Waals surface area contributed by atoms with Crippen LogP contribution in [0.4, 0.5) is 0 Å². The van der Waals surface area contributed by atoms with Gasteiger partial charge in [0.05, 0.1) is 17.1 Å². The number of nitrogens with zero attached hydrogens (tertiary/aromatic N) is 3. The van der Waals surface area contributed by atoms with Crippen molar-refractivity contribution in [3.63, 3.8) is 0 Å². The highest BCUT2D eigenvalue weighted by Gasteiger charge is 2.13. The standard InChI is InChI=1S/C20H21N3O/c1-13-6-5-7-19(16(13)4)24-12-20-22-17-10-14(2)15(3)11-18(17)23(20)9-8-21/h5-7,10-11H,9,12H2,1-4H3. The summed E-state index contributed by atoms with van der Waals surface area (Å²) < 4.78 is 7.93. The summed E-state index contributed by atoms with van der Waals surface area (Å²) in [7, 11) is 0. The fourth-order valence-corrected chi connectivity index (χ4v) is 2.81. The van der Waals surface area contributed by atoms with E-state index in [0.717, 1.165) is 28.2 Å². The molecule has 0 saturated heterocycles. The van der Waals surface area contributed by atoms with Crippen LogP contribution in [0.5, 0.6) is 5.75 Å². The topological polar surface area (TPSA) is 50.8 Å². The number of benzene rings is 2. The van der Waals surface area contributed by atoms with Gasteiger partial charge in [0.15, 0.2) is 0 Å². The predicted molar refractivity (Wildman–Crippen MR) is 95.1 cm³/mol. The van der Waals surface area contributed by atoms with Gasteiger partial charge in [-0.15, -0.1) is 0 Å². The SMILES string of the molecule is Cc1cc2nc(COc3cccc(C)c3C)n(CC#N)c2cc1C. The van der Waals surface area contributed by atoms with Gasteiger partial charge in [0.25, 0.3) is 0 Å². The first-order chi connectivity index (χ1) is 11.5. The van der Waals surface area contributed by atoms with Gasteiger partial charge in [0.1, 0.15) is 24.7 Å². The molecule has 24 heavy (non-hydrogen) atoms. The van der Waals surface area contributed by atoms with Crippen molar-refractivity contribution in [1.29, 1.82) is 5.26 Å². The minimum atomic E-state index is 0.268. The third-order valence-electron chi connectivity index (χ3n) is 4.58. The van der Waals surface area contributed by atoms with Crippen LogP contribution in [0.25, 0.3) is 11.0 Å². The van der Waals surface area contributed by atoms with Gasteiger partial charge in [-0.05, 0) is 68.1 Å². The molecule has 4 heteroatoms. The molecule has 0 aliphatic rings. The summed E-state index contributed by atoms with van der Waals surface area (Å²) in [5.41, 5.74) is 6.62. The number of hydrogen-bond acceptors (Lipinski definition) is 3. The van der Waals surface area contributed by atoms with Crippen molar-refractivity contribution in [3.05, 3.63) is 58.4 Å². The lowest BCUT2D eigenvalue weighted by Crippen LogP contribution is -2.07. The first-order valence-electron chi connectivity index (χ1n) is 8.03. The van der Waals surface area contributed by atoms with Gasteiger partial charge in [0, 0.05) is 0 Å². The Labute approximate surface area is 142 Å². The lowest BCUT2D eigenvalue weighted by Gasteiger charge is -2.11. The second-order valence-electron chi connectivity index (χ2n) is 6.18. The molecule has 0 aliphatic carbocycles. The first kappa shape index (κ1) is 16.1. The van der Waals surface area contributed by atoms with Crippen molar-refractivity contribution in [2.45, 2.75) is 40.8 Å². The third kappa shape index (κ3) is 2.85. The lowest BCUT2D eigenvalue weighted by atomic mass is 10.1. The first-order valence-corrected chi connectivity index (χ1v) is 8.03. The van der Waals surface area contributed by atoms with Crippen molar-refractivity contribution in [2.24, 2.45) is 0 Å². The zero-order chi connectivity index (χ0) is 17.3. The molecule has 3 aromatic rings. The molecule has 3 rings (SSSR count). The molecule has 1 aromatic heterocycles. The molecule has 0 radical (unpaired) electrons. The van der Waals surface area contributed by atoms with Crippen LogP contribution in [-0.4, -0.2) is 9.55 Å². The Morgan fingerprint density at radius 2 is 1.83 bits per heavy atom. The van der Waals surface area contributed by atoms with Gasteiger partial charge in [-0.25, -0.2) is 4.98 Å². The number of ether oxygens (including phenoxy) is 1. The second-order valence-corrected chi connectivity index (χ2v) is 6.18. The normalized spacial score (nSPS) is 10.8. The van der Waals surface area contributed by atoms with E-state index >= 15 is 0 Å². The highest BCUT2D eigenvalue weighted by molar-refractivity contribution is 5.78. The highest BCUT2D eigenvalue weighted by atomic mass is 16.5. The zero-order valence-electron chi connectivity index (χ0n) is 14.6. The summed E-state index contributed by atoms with van der Waals surface area (Å²) in [6.07, 6.45) is 0. The van der Waals surface area contributed by atoms with Gasteiger partial charge in [-0.3, -0.25) is 0 Å². The van der Waals surface area contributed by atoms with Crippen molar-refractivity contribution in [2.75, 3.05) is 0 Å². The van der Waals surface area contributed by atoms with Crippen molar-refractivity contribution in [3.8, 4) is 11.8 Å². The molecule has 4 nitrogen and oxygen atoms in total. The number of aromatic nitrogens is 2. The van der Waals surface area contributed by atoms with Crippen molar-refractivity contribution < 1.29 is 4.74 Å². The summed E-state index contributed by atoms with van der Waals surface area (Å²) in [4.78, 5) is 4.69. The molecule has 1 heterocycles. The smallest absolute Gasteiger partial charge is 0.148 e. The molecule has 122 valence electrons. The highest BCUT2D eigenvalue weighted by Crippen LogP contribution is 2.24. The van der Waals surface area contributed by atoms with Gasteiger partial charge in [-0.1, -0.05) is 12.1 Å². The maximum atomic E-state index is 9.17. The monoisotopic (exact) mass is 319 g/mol. The Morgan fingerprint density at radius 1 is 1.08 bits per heavy atom. The van der Waals surface area contributed by atoms with Crippen LogP contribution in [0.2, 0.25) is 0 Å². The van der Waals surface area contributed by atoms with Gasteiger partial charge in [-0.2, -0.15) is 5.26 Å². The number of imidazole rings is 1. The molecule has 2 aromatic carbocycles. The number of fused-ring (bicyclic) bond motifs is 1. The molecule has 0 saturated carbocycles. The molecule has 0 atom stereocenters. The Hall–Kier alpha value is -2.80. The molecule has 0 unspecified atom stereocenters. The Kier molecular flexibility index (Phi) is 4.26. The van der Waals surface area contributed by atoms with E-state index in [2.05, 4.69) is 56.9 Å². The minimum absolute atomic E-state index is 0.268. The van der Waals surface area contributed by atoms with Gasteiger partial charge < -0.3 is 9.30 Å². The fourth-order valence-electron chi connectivity index (χ4n) is 2.81. The molecule has 0 aliphatic heterocycles. The van der Waals surface area contributed by atoms with E-state index in [1.165, 1.54) is 16.7 Å². The largest absolute Gasteiger partial charge is 0.485 e. The van der Waals surface area contributed by atoms with Crippen molar-refractivity contribution in [1.82, 2.24) is 9.55 Å². The van der Waals surface area contributed by atoms with Crippen LogP contribution in [0.3, 0.4) is 0 Å². The van der Waals surface area contributed by atoms with Crippen LogP contribution >= 0.6 is 0 Å². The van der Waals surface area contributed by atoms with Gasteiger partial charge >= 0.3 is 0 Å². The maximum absolute atomic E-state index is 9.17. The molecule has 0 spiro atoms. The van der Waals surface area contributed by atoms with Crippen LogP contribution in [0.15, 0.2) is 30.3 Å². The Balaban J connectivity index is 1.98. The lowest BCUT2D eigenvalue weighted by molar-refractivity contribution is 0.289. The number of aryl methyl sites for hydroxylation is 3. The minimum Gasteiger partial charge on any atom is -0.485 e. The maximum Gasteiger partial charge on any atom is 0.148 e. The Bertz CT molecular complexity index is 948. The van der Waals surface area contributed by atoms with E-state index in [1.807, 2.05) is 16.7 Å². The number of hydrogen-bond donors (Lipinski definition) is 0. The van der Waals surface area contributed by atoms with E-state index in [-0.39, 0.29) is 6.54 Å². The van der Waals surface area contributed by atoms with Crippen LogP contribution < -0.4 is 4.74 Å². The van der Waals surface area contributed by atoms with E-state index < -0.39 is 0 Å². The molecule has 0 bridgehead atoms. The average Bonchev–Trinajstić information content (AvgIpc) is 2.87. The Morgan fingerprint density at radius 3 is 2.58 bits per heavy atom. The molecular weight excluding hydrogens is 298 g/mol. The van der Waals surface area contributed by atoms with Crippen molar-refractivity contribution >= 4 is 11.0 Å². The quantitative estimate of drug-likeness (QED) is 0.717. The fraction of sp³-hybridized carbons (Fsp3) is 0.300. The zero-order valence-corrected chi connectivity index (χ0v) is 14.6. The van der Waals surface area contributed by atoms with Gasteiger partial charge in [0.2, 0.25) is 0 Å². The summed E-state index contributed by atoms with van der Waals surface area (Å²) in [5.74, 6) is 1.63. The van der Waals surface area contributed by atoms with E-state index in [1.54, 1.807) is 0 Å². The third-order valence-corrected chi connectivity index (χ3v) is 4.58. The van der Waals surface area contributed by atoms with Crippen LogP contribution in [-0.2, 0) is 13.2 Å². The summed E-state index contributed by atoms with van der Waals surface area (Å²) >= 11 is 0. The van der Waals surface area contributed by atoms with Crippen LogP contribution in [0.1, 0.15) is 28.1 Å². The van der Waals surface area contributed by atoms with E-state index in [4.69, 9.17) is 4.74 Å². The number of nitriles is 1. The average molecular weight is 319 g/mol. The molecule has 0 amide bonds. The van der Waals surface area contributed by atoms with E-state index in [0.29, 0.717) is 6.61 Å². The van der Waals surface area contributed by atoms with Crippen LogP contribution in [0, 0.1) is 39.0 Å². The van der Waals surface area contributed by atoms with E-state index in [9.17, 15) is 5.26 Å². The molecule has 0 fully saturated rings. The molecular formula is C20H21N3O. The summed E-state index contributed by atoms with van der Waals surface area (Å²) in [5, 5.41) is 9.17. The summed E-state index contributed by atoms with van der Waals surface area (Å²) in [6, 6.07) is 12.4. The molecule has 0 N–H and O–H groups in total.